The third-order valence-corrected chi connectivity index (χ3v) is 5.83. The van der Waals surface area contributed by atoms with Crippen molar-refractivity contribution in [3.63, 3.8) is 0 Å². The van der Waals surface area contributed by atoms with Crippen LogP contribution in [0.2, 0.25) is 0 Å². The van der Waals surface area contributed by atoms with Crippen LogP contribution in [0.4, 0.5) is 5.69 Å². The second-order valence-corrected chi connectivity index (χ2v) is 7.37. The molecule has 2 aliphatic heterocycles. The Balaban J connectivity index is 1.84. The number of carbonyl (C=O) groups is 2. The molecule has 0 saturated heterocycles. The smallest absolute Gasteiger partial charge is 0.336 e. The molecule has 1 amide bonds. The second-order valence-electron chi connectivity index (χ2n) is 7.37. The Morgan fingerprint density at radius 1 is 0.968 bits per heavy atom. The third-order valence-electron chi connectivity index (χ3n) is 5.83. The minimum Gasteiger partial charge on any atom is -0.493 e. The first-order valence-corrected chi connectivity index (χ1v) is 10.1. The number of esters is 1. The highest BCUT2D eigenvalue weighted by molar-refractivity contribution is 6.06. The lowest BCUT2D eigenvalue weighted by Gasteiger charge is -2.32. The molecule has 1 atom stereocenters. The van der Waals surface area contributed by atoms with Crippen molar-refractivity contribution < 1.29 is 28.5 Å². The molecule has 0 spiro atoms. The fraction of sp³-hybridized carbons (Fsp3) is 0.333. The average Bonchev–Trinajstić information content (AvgIpc) is 3.18. The van der Waals surface area contributed by atoms with Crippen molar-refractivity contribution in [3.8, 4) is 17.2 Å². The summed E-state index contributed by atoms with van der Waals surface area (Å²) < 4.78 is 21.8. The number of hydrogen-bond donors (Lipinski definition) is 0. The maximum atomic E-state index is 13.3. The fourth-order valence-corrected chi connectivity index (χ4v) is 4.30. The normalized spacial score (nSPS) is 18.1. The minimum absolute atomic E-state index is 0.0571. The molecule has 7 heteroatoms. The molecule has 0 aliphatic carbocycles. The van der Waals surface area contributed by atoms with Crippen molar-refractivity contribution in [1.29, 1.82) is 0 Å². The SMILES string of the molecule is CCc1ccc(N2C(=O)CC(c3ccc(OC)c(OC)c3OC)C3=C2COC3=O)cc1. The Morgan fingerprint density at radius 2 is 1.68 bits per heavy atom. The van der Waals surface area contributed by atoms with E-state index in [0.29, 0.717) is 34.1 Å². The summed E-state index contributed by atoms with van der Waals surface area (Å²) >= 11 is 0. The molecule has 1 unspecified atom stereocenters. The van der Waals surface area contributed by atoms with E-state index in [9.17, 15) is 9.59 Å². The molecule has 2 aliphatic rings. The van der Waals surface area contributed by atoms with Gasteiger partial charge in [-0.2, -0.15) is 0 Å². The maximum absolute atomic E-state index is 13.3. The number of nitrogens with zero attached hydrogens (tertiary/aromatic N) is 1. The Hall–Kier alpha value is -3.48. The van der Waals surface area contributed by atoms with Gasteiger partial charge in [-0.05, 0) is 30.2 Å². The Bertz CT molecular complexity index is 1060. The molecule has 0 saturated carbocycles. The zero-order valence-electron chi connectivity index (χ0n) is 18.1. The number of aryl methyl sites for hydroxylation is 1. The average molecular weight is 423 g/mol. The highest BCUT2D eigenvalue weighted by atomic mass is 16.5. The van der Waals surface area contributed by atoms with Crippen LogP contribution in [0.15, 0.2) is 47.7 Å². The lowest BCUT2D eigenvalue weighted by atomic mass is 9.83. The van der Waals surface area contributed by atoms with Gasteiger partial charge < -0.3 is 18.9 Å². The van der Waals surface area contributed by atoms with Crippen LogP contribution in [0.1, 0.15) is 30.4 Å². The highest BCUT2D eigenvalue weighted by Crippen LogP contribution is 2.49. The van der Waals surface area contributed by atoms with E-state index < -0.39 is 11.9 Å². The first-order valence-electron chi connectivity index (χ1n) is 10.1. The summed E-state index contributed by atoms with van der Waals surface area (Å²) in [6, 6.07) is 11.3. The second kappa shape index (κ2) is 8.34. The van der Waals surface area contributed by atoms with Crippen molar-refractivity contribution in [2.24, 2.45) is 0 Å². The van der Waals surface area contributed by atoms with Crippen LogP contribution in [0.5, 0.6) is 17.2 Å². The van der Waals surface area contributed by atoms with Gasteiger partial charge in [0.05, 0.1) is 32.6 Å². The summed E-state index contributed by atoms with van der Waals surface area (Å²) in [7, 11) is 4.58. The molecule has 0 N–H and O–H groups in total. The highest BCUT2D eigenvalue weighted by Gasteiger charge is 2.44. The van der Waals surface area contributed by atoms with Crippen molar-refractivity contribution in [3.05, 3.63) is 58.8 Å². The number of cyclic esters (lactones) is 1. The summed E-state index contributed by atoms with van der Waals surface area (Å²) in [6.45, 7) is 2.13. The van der Waals surface area contributed by atoms with E-state index in [1.54, 1.807) is 17.0 Å². The van der Waals surface area contributed by atoms with Gasteiger partial charge in [0.2, 0.25) is 11.7 Å². The van der Waals surface area contributed by atoms with Gasteiger partial charge in [-0.1, -0.05) is 25.1 Å². The van der Waals surface area contributed by atoms with Crippen molar-refractivity contribution >= 4 is 17.6 Å². The predicted molar refractivity (Wildman–Crippen MR) is 115 cm³/mol. The van der Waals surface area contributed by atoms with E-state index in [0.717, 1.165) is 12.1 Å². The molecule has 2 aromatic rings. The van der Waals surface area contributed by atoms with Crippen LogP contribution in [0.25, 0.3) is 0 Å². The van der Waals surface area contributed by atoms with Crippen LogP contribution in [-0.4, -0.2) is 39.8 Å². The van der Waals surface area contributed by atoms with E-state index in [-0.39, 0.29) is 18.9 Å². The molecule has 0 radical (unpaired) electrons. The first-order chi connectivity index (χ1) is 15.0. The van der Waals surface area contributed by atoms with Gasteiger partial charge >= 0.3 is 5.97 Å². The van der Waals surface area contributed by atoms with Gasteiger partial charge in [0.1, 0.15) is 6.61 Å². The van der Waals surface area contributed by atoms with Gasteiger partial charge in [-0.3, -0.25) is 9.69 Å². The number of amides is 1. The molecule has 0 bridgehead atoms. The van der Waals surface area contributed by atoms with E-state index in [1.807, 2.05) is 24.3 Å². The van der Waals surface area contributed by atoms with Crippen LogP contribution in [0, 0.1) is 0 Å². The fourth-order valence-electron chi connectivity index (χ4n) is 4.30. The molecule has 2 aromatic carbocycles. The van der Waals surface area contributed by atoms with Crippen molar-refractivity contribution in [2.75, 3.05) is 32.8 Å². The van der Waals surface area contributed by atoms with Crippen molar-refractivity contribution in [1.82, 2.24) is 0 Å². The quantitative estimate of drug-likeness (QED) is 0.661. The number of carbonyl (C=O) groups excluding carboxylic acids is 2. The Kier molecular flexibility index (Phi) is 5.59. The van der Waals surface area contributed by atoms with E-state index in [1.165, 1.54) is 26.9 Å². The molecule has 2 heterocycles. The number of methoxy groups -OCH3 is 3. The zero-order chi connectivity index (χ0) is 22.1. The Morgan fingerprint density at radius 3 is 2.29 bits per heavy atom. The molecule has 0 fully saturated rings. The molecule has 162 valence electrons. The molecule has 0 aromatic heterocycles. The van der Waals surface area contributed by atoms with E-state index in [4.69, 9.17) is 18.9 Å². The van der Waals surface area contributed by atoms with Gasteiger partial charge in [0.15, 0.2) is 11.5 Å². The lowest BCUT2D eigenvalue weighted by molar-refractivity contribution is -0.136. The number of benzene rings is 2. The molecular weight excluding hydrogens is 398 g/mol. The third kappa shape index (κ3) is 3.40. The number of anilines is 1. The topological polar surface area (TPSA) is 74.3 Å². The summed E-state index contributed by atoms with van der Waals surface area (Å²) in [5, 5.41) is 0. The summed E-state index contributed by atoms with van der Waals surface area (Å²) in [6.07, 6.45) is 1.01. The first kappa shape index (κ1) is 20.8. The van der Waals surface area contributed by atoms with Crippen molar-refractivity contribution in [2.45, 2.75) is 25.7 Å². The number of ether oxygens (including phenoxy) is 4. The predicted octanol–water partition coefficient (Wildman–Crippen LogP) is 3.61. The van der Waals surface area contributed by atoms with Crippen LogP contribution >= 0.6 is 0 Å². The largest absolute Gasteiger partial charge is 0.493 e. The zero-order valence-corrected chi connectivity index (χ0v) is 18.1. The standard InChI is InChI=1S/C24H25NO6/c1-5-14-6-8-15(9-7-14)25-18-13-31-24(27)21(18)17(12-20(25)26)16-10-11-19(28-2)23(30-4)22(16)29-3/h6-11,17H,5,12-13H2,1-4H3. The van der Waals surface area contributed by atoms with Crippen LogP contribution < -0.4 is 19.1 Å². The molecule has 31 heavy (non-hydrogen) atoms. The molecular formula is C24H25NO6. The monoisotopic (exact) mass is 423 g/mol. The molecule has 7 nitrogen and oxygen atoms in total. The maximum Gasteiger partial charge on any atom is 0.336 e. The van der Waals surface area contributed by atoms with Gasteiger partial charge in [0.25, 0.3) is 0 Å². The van der Waals surface area contributed by atoms with Crippen LogP contribution in [0.3, 0.4) is 0 Å². The van der Waals surface area contributed by atoms with Crippen LogP contribution in [-0.2, 0) is 20.7 Å². The van der Waals surface area contributed by atoms with E-state index in [2.05, 4.69) is 6.92 Å². The summed E-state index contributed by atoms with van der Waals surface area (Å²) in [5.41, 5.74) is 3.64. The summed E-state index contributed by atoms with van der Waals surface area (Å²) in [4.78, 5) is 27.6. The van der Waals surface area contributed by atoms with Gasteiger partial charge in [-0.15, -0.1) is 0 Å². The van der Waals surface area contributed by atoms with E-state index >= 15 is 0 Å². The lowest BCUT2D eigenvalue weighted by Crippen LogP contribution is -2.37. The Labute approximate surface area is 181 Å². The minimum atomic E-state index is -0.501. The summed E-state index contributed by atoms with van der Waals surface area (Å²) in [5.74, 6) is 0.333. The molecule has 4 rings (SSSR count). The number of rotatable bonds is 6. The van der Waals surface area contributed by atoms with Gasteiger partial charge in [-0.25, -0.2) is 4.79 Å². The number of hydrogen-bond acceptors (Lipinski definition) is 6. The van der Waals surface area contributed by atoms with Gasteiger partial charge in [0, 0.05) is 23.6 Å².